The van der Waals surface area contributed by atoms with Gasteiger partial charge in [0, 0.05) is 18.7 Å². The maximum Gasteiger partial charge on any atom is 0.416 e. The lowest BCUT2D eigenvalue weighted by molar-refractivity contribution is -0.149. The average Bonchev–Trinajstić information content (AvgIpc) is 3.07. The summed E-state index contributed by atoms with van der Waals surface area (Å²) >= 11 is 0. The van der Waals surface area contributed by atoms with Crippen LogP contribution in [0.5, 0.6) is 0 Å². The number of carbonyl (C=O) groups excluding carboxylic acids is 2. The summed E-state index contributed by atoms with van der Waals surface area (Å²) in [6, 6.07) is 3.75. The van der Waals surface area contributed by atoms with E-state index in [4.69, 9.17) is 4.74 Å². The molecule has 0 radical (unpaired) electrons. The van der Waals surface area contributed by atoms with Crippen molar-refractivity contribution in [1.82, 2.24) is 4.90 Å². The highest BCUT2D eigenvalue weighted by Crippen LogP contribution is 2.41. The molecule has 0 saturated heterocycles. The second kappa shape index (κ2) is 15.2. The number of unbranched alkanes of at least 4 members (excludes halogenated alkanes) is 3. The second-order valence-electron chi connectivity index (χ2n) is 10.0. The third-order valence-electron chi connectivity index (χ3n) is 6.87. The van der Waals surface area contributed by atoms with Crippen LogP contribution in [0.15, 0.2) is 29.3 Å². The molecule has 0 saturated carbocycles. The minimum atomic E-state index is -4.22. The molecule has 37 heavy (non-hydrogen) atoms. The molecule has 1 aliphatic heterocycles. The van der Waals surface area contributed by atoms with E-state index in [2.05, 4.69) is 27.7 Å². The van der Waals surface area contributed by atoms with Crippen LogP contribution >= 0.6 is 0 Å². The number of alkyl halides is 3. The molecule has 0 fully saturated rings. The van der Waals surface area contributed by atoms with Gasteiger partial charge in [0.1, 0.15) is 5.60 Å². The number of halogens is 3. The van der Waals surface area contributed by atoms with E-state index in [1.54, 1.807) is 20.8 Å². The molecule has 1 heterocycles. The fourth-order valence-electron chi connectivity index (χ4n) is 4.66. The number of carbonyl (C=O) groups is 2. The Kier molecular flexibility index (Phi) is 13.4. The van der Waals surface area contributed by atoms with Crippen molar-refractivity contribution in [3.05, 3.63) is 46.0 Å². The molecule has 1 unspecified atom stereocenters. The molecular formula is C30H46F3NO3. The van der Waals surface area contributed by atoms with E-state index in [-0.39, 0.29) is 11.9 Å². The summed E-state index contributed by atoms with van der Waals surface area (Å²) in [5, 5.41) is 0. The maximum absolute atomic E-state index is 13.4. The van der Waals surface area contributed by atoms with Gasteiger partial charge in [0.2, 0.25) is 0 Å². The van der Waals surface area contributed by atoms with Crippen LogP contribution in [0.3, 0.4) is 0 Å². The SMILES string of the molecule is CCCCCC1(CCC)OC(=O)C(C)=C1C(=O)N(CCC)CCCC.Cc1ccc(C(F)(F)F)cc1C. The van der Waals surface area contributed by atoms with Crippen molar-refractivity contribution < 1.29 is 27.5 Å². The van der Waals surface area contributed by atoms with E-state index in [0.717, 1.165) is 88.6 Å². The van der Waals surface area contributed by atoms with Gasteiger partial charge in [-0.05, 0) is 76.1 Å². The first-order chi connectivity index (χ1) is 17.4. The lowest BCUT2D eigenvalue weighted by Crippen LogP contribution is -2.42. The predicted octanol–water partition coefficient (Wildman–Crippen LogP) is 8.34. The zero-order chi connectivity index (χ0) is 28.2. The van der Waals surface area contributed by atoms with E-state index in [1.165, 1.54) is 6.07 Å². The molecule has 0 bridgehead atoms. The van der Waals surface area contributed by atoms with Gasteiger partial charge in [-0.3, -0.25) is 4.79 Å². The molecule has 0 aromatic heterocycles. The van der Waals surface area contributed by atoms with Crippen LogP contribution in [-0.4, -0.2) is 35.5 Å². The summed E-state index contributed by atoms with van der Waals surface area (Å²) in [6.07, 6.45) is 4.31. The maximum atomic E-state index is 13.4. The van der Waals surface area contributed by atoms with Gasteiger partial charge < -0.3 is 9.64 Å². The summed E-state index contributed by atoms with van der Waals surface area (Å²) in [4.78, 5) is 27.6. The average molecular weight is 526 g/mol. The second-order valence-corrected chi connectivity index (χ2v) is 10.0. The molecule has 7 heteroatoms. The number of esters is 1. The molecule has 1 aliphatic rings. The summed E-state index contributed by atoms with van der Waals surface area (Å²) in [6.45, 7) is 15.2. The lowest BCUT2D eigenvalue weighted by atomic mass is 9.82. The number of cyclic esters (lactones) is 1. The predicted molar refractivity (Wildman–Crippen MR) is 143 cm³/mol. The minimum absolute atomic E-state index is 0.0172. The van der Waals surface area contributed by atoms with Gasteiger partial charge in [-0.25, -0.2) is 4.79 Å². The van der Waals surface area contributed by atoms with Crippen LogP contribution in [0, 0.1) is 13.8 Å². The van der Waals surface area contributed by atoms with Crippen LogP contribution in [-0.2, 0) is 20.5 Å². The van der Waals surface area contributed by atoms with Crippen molar-refractivity contribution in [3.8, 4) is 0 Å². The fourth-order valence-corrected chi connectivity index (χ4v) is 4.66. The van der Waals surface area contributed by atoms with Crippen molar-refractivity contribution >= 4 is 11.9 Å². The van der Waals surface area contributed by atoms with E-state index >= 15 is 0 Å². The van der Waals surface area contributed by atoms with Crippen molar-refractivity contribution in [2.75, 3.05) is 13.1 Å². The fraction of sp³-hybridized carbons (Fsp3) is 0.667. The van der Waals surface area contributed by atoms with Crippen molar-refractivity contribution in [3.63, 3.8) is 0 Å². The third kappa shape index (κ3) is 9.19. The van der Waals surface area contributed by atoms with Gasteiger partial charge >= 0.3 is 12.1 Å². The molecular weight excluding hydrogens is 479 g/mol. The van der Waals surface area contributed by atoms with Crippen LogP contribution in [0.25, 0.3) is 0 Å². The van der Waals surface area contributed by atoms with Gasteiger partial charge in [-0.2, -0.15) is 13.2 Å². The first-order valence-electron chi connectivity index (χ1n) is 13.8. The van der Waals surface area contributed by atoms with Gasteiger partial charge in [0.25, 0.3) is 5.91 Å². The zero-order valence-corrected chi connectivity index (χ0v) is 23.8. The molecule has 4 nitrogen and oxygen atoms in total. The molecule has 210 valence electrons. The van der Waals surface area contributed by atoms with Crippen LogP contribution in [0.4, 0.5) is 13.2 Å². The summed E-state index contributed by atoms with van der Waals surface area (Å²) in [5.74, 6) is -0.288. The molecule has 1 atom stereocenters. The number of amides is 1. The highest BCUT2D eigenvalue weighted by Gasteiger charge is 2.49. The lowest BCUT2D eigenvalue weighted by Gasteiger charge is -2.33. The number of aryl methyl sites for hydroxylation is 2. The Labute approximate surface area is 221 Å². The van der Waals surface area contributed by atoms with Gasteiger partial charge in [0.15, 0.2) is 0 Å². The van der Waals surface area contributed by atoms with Gasteiger partial charge in [-0.1, -0.05) is 59.4 Å². The van der Waals surface area contributed by atoms with Crippen LogP contribution < -0.4 is 0 Å². The normalized spacial score (nSPS) is 17.4. The molecule has 1 aromatic rings. The Balaban J connectivity index is 0.000000474. The number of ether oxygens (including phenoxy) is 1. The number of nitrogens with zero attached hydrogens (tertiary/aromatic N) is 1. The Morgan fingerprint density at radius 2 is 1.51 bits per heavy atom. The Morgan fingerprint density at radius 1 is 0.865 bits per heavy atom. The summed E-state index contributed by atoms with van der Waals surface area (Å²) in [5.41, 5.74) is 1.42. The van der Waals surface area contributed by atoms with Crippen LogP contribution in [0.1, 0.15) is 109 Å². The summed E-state index contributed by atoms with van der Waals surface area (Å²) in [7, 11) is 0. The first kappa shape index (κ1) is 32.7. The van der Waals surface area contributed by atoms with Crippen LogP contribution in [0.2, 0.25) is 0 Å². The number of rotatable bonds is 12. The first-order valence-corrected chi connectivity index (χ1v) is 13.8. The minimum Gasteiger partial charge on any atom is -0.451 e. The molecule has 2 rings (SSSR count). The van der Waals surface area contributed by atoms with E-state index in [9.17, 15) is 22.8 Å². The van der Waals surface area contributed by atoms with Crippen molar-refractivity contribution in [2.24, 2.45) is 0 Å². The molecule has 1 amide bonds. The van der Waals surface area contributed by atoms with Gasteiger partial charge in [0.05, 0.1) is 11.1 Å². The Morgan fingerprint density at radius 3 is 2.03 bits per heavy atom. The zero-order valence-electron chi connectivity index (χ0n) is 23.8. The van der Waals surface area contributed by atoms with E-state index in [1.807, 2.05) is 4.90 Å². The number of hydrogen-bond donors (Lipinski definition) is 0. The number of hydrogen-bond acceptors (Lipinski definition) is 3. The highest BCUT2D eigenvalue weighted by atomic mass is 19.4. The molecule has 0 aliphatic carbocycles. The molecule has 1 aromatic carbocycles. The standard InChI is InChI=1S/C21H37NO3.C9H9F3/c1-6-10-12-14-21(13-8-3)18(17(5)20(24)25-21)19(23)22(15-9-4)16-11-7-2;1-6-3-4-8(5-7(6)2)9(10,11)12/h6-16H2,1-5H3;3-5H,1-2H3. The third-order valence-corrected chi connectivity index (χ3v) is 6.87. The molecule has 0 spiro atoms. The molecule has 0 N–H and O–H groups in total. The highest BCUT2D eigenvalue weighted by molar-refractivity contribution is 6.07. The van der Waals surface area contributed by atoms with E-state index in [0.29, 0.717) is 16.7 Å². The quantitative estimate of drug-likeness (QED) is 0.204. The summed E-state index contributed by atoms with van der Waals surface area (Å²) < 4.78 is 42.2. The largest absolute Gasteiger partial charge is 0.451 e. The van der Waals surface area contributed by atoms with Crippen molar-refractivity contribution in [2.45, 2.75) is 118 Å². The Bertz CT molecular complexity index is 923. The van der Waals surface area contributed by atoms with E-state index < -0.39 is 17.3 Å². The van der Waals surface area contributed by atoms with Gasteiger partial charge in [-0.15, -0.1) is 0 Å². The smallest absolute Gasteiger partial charge is 0.416 e. The van der Waals surface area contributed by atoms with Crippen molar-refractivity contribution in [1.29, 1.82) is 0 Å². The monoisotopic (exact) mass is 525 g/mol. The Hall–Kier alpha value is -2.31. The topological polar surface area (TPSA) is 46.6 Å². The number of benzene rings is 1.